The Balaban J connectivity index is 1.83. The molecule has 2 aromatic carbocycles. The van der Waals surface area contributed by atoms with Crippen molar-refractivity contribution in [3.8, 4) is 0 Å². The van der Waals surface area contributed by atoms with E-state index >= 15 is 0 Å². The third-order valence-corrected chi connectivity index (χ3v) is 6.00. The maximum absolute atomic E-state index is 12.5. The van der Waals surface area contributed by atoms with Gasteiger partial charge < -0.3 is 10.2 Å². The molecule has 0 spiro atoms. The van der Waals surface area contributed by atoms with Gasteiger partial charge in [0, 0.05) is 42.0 Å². The number of hydrogen-bond donors (Lipinski definition) is 1. The van der Waals surface area contributed by atoms with Crippen molar-refractivity contribution in [2.24, 2.45) is 5.10 Å². The number of nitrogens with zero attached hydrogens (tertiary/aromatic N) is 3. The molecule has 1 saturated heterocycles. The van der Waals surface area contributed by atoms with Crippen LogP contribution in [-0.2, 0) is 6.42 Å². The number of anilines is 1. The summed E-state index contributed by atoms with van der Waals surface area (Å²) in [6.07, 6.45) is 4.52. The topological polar surface area (TPSA) is 47.9 Å². The molecule has 1 fully saturated rings. The molecule has 5 nitrogen and oxygen atoms in total. The lowest BCUT2D eigenvalue weighted by atomic mass is 9.93. The summed E-state index contributed by atoms with van der Waals surface area (Å²) in [6.45, 7) is 4.21. The number of nitrogens with one attached hydrogen (secondary N) is 1. The molecule has 1 atom stereocenters. The van der Waals surface area contributed by atoms with Crippen LogP contribution in [-0.4, -0.2) is 42.9 Å². The molecule has 0 aromatic heterocycles. The Morgan fingerprint density at radius 2 is 1.83 bits per heavy atom. The van der Waals surface area contributed by atoms with Gasteiger partial charge in [-0.25, -0.2) is 9.80 Å². The van der Waals surface area contributed by atoms with Crippen molar-refractivity contribution in [1.29, 1.82) is 0 Å². The molecule has 2 heterocycles. The monoisotopic (exact) mass is 410 g/mol. The van der Waals surface area contributed by atoms with Crippen molar-refractivity contribution in [1.82, 2.24) is 10.3 Å². The molecule has 0 radical (unpaired) electrons. The fraction of sp³-hybridized carbons (Fsp3) is 0.391. The molecule has 1 unspecified atom stereocenters. The van der Waals surface area contributed by atoms with E-state index in [4.69, 9.17) is 16.7 Å². The zero-order valence-electron chi connectivity index (χ0n) is 17.0. The van der Waals surface area contributed by atoms with Crippen molar-refractivity contribution in [2.75, 3.05) is 25.0 Å². The molecule has 2 amide bonds. The van der Waals surface area contributed by atoms with Crippen LogP contribution >= 0.6 is 11.6 Å². The smallest absolute Gasteiger partial charge is 0.337 e. The third kappa shape index (κ3) is 4.10. The number of amides is 2. The molecule has 1 N–H and O–H groups in total. The van der Waals surface area contributed by atoms with Gasteiger partial charge in [-0.05, 0) is 62.4 Å². The fourth-order valence-corrected chi connectivity index (χ4v) is 4.28. The van der Waals surface area contributed by atoms with Crippen LogP contribution in [0.2, 0.25) is 5.02 Å². The standard InChI is InChI=1S/C23H27ClN4O/c1-16-14-18-8-11-20(27-12-4-3-5-13-27)15-21(18)22(26-28(16)23(29)25-2)17-6-9-19(24)10-7-17/h6-11,15-16H,3-5,12-14H2,1-2H3,(H,25,29). The highest BCUT2D eigenvalue weighted by Gasteiger charge is 2.27. The number of rotatable bonds is 2. The van der Waals surface area contributed by atoms with Gasteiger partial charge in [-0.2, -0.15) is 5.10 Å². The number of urea groups is 1. The Kier molecular flexibility index (Phi) is 5.76. The summed E-state index contributed by atoms with van der Waals surface area (Å²) in [5.41, 5.74) is 5.29. The van der Waals surface area contributed by atoms with Crippen LogP contribution in [0.15, 0.2) is 47.6 Å². The lowest BCUT2D eigenvalue weighted by molar-refractivity contribution is 0.184. The first kappa shape index (κ1) is 19.8. The summed E-state index contributed by atoms with van der Waals surface area (Å²) in [7, 11) is 1.64. The Bertz CT molecular complexity index is 919. The first-order chi connectivity index (χ1) is 14.1. The number of carbonyl (C=O) groups excluding carboxylic acids is 1. The summed E-state index contributed by atoms with van der Waals surface area (Å²) in [4.78, 5) is 15.0. The average molecular weight is 411 g/mol. The van der Waals surface area contributed by atoms with E-state index < -0.39 is 0 Å². The number of benzene rings is 2. The van der Waals surface area contributed by atoms with E-state index in [1.54, 1.807) is 12.1 Å². The van der Waals surface area contributed by atoms with Crippen molar-refractivity contribution in [2.45, 2.75) is 38.6 Å². The molecule has 2 aromatic rings. The molecule has 152 valence electrons. The molecule has 2 aliphatic rings. The number of hydrogen-bond acceptors (Lipinski definition) is 3. The summed E-state index contributed by atoms with van der Waals surface area (Å²) < 4.78 is 0. The van der Waals surface area contributed by atoms with E-state index in [1.165, 1.54) is 30.5 Å². The highest BCUT2D eigenvalue weighted by Crippen LogP contribution is 2.29. The zero-order valence-corrected chi connectivity index (χ0v) is 17.7. The van der Waals surface area contributed by atoms with Gasteiger partial charge in [-0.1, -0.05) is 29.8 Å². The van der Waals surface area contributed by atoms with Crippen molar-refractivity contribution >= 4 is 29.0 Å². The van der Waals surface area contributed by atoms with Crippen LogP contribution in [0.4, 0.5) is 10.5 Å². The number of hydrazone groups is 1. The van der Waals surface area contributed by atoms with Gasteiger partial charge in [-0.3, -0.25) is 0 Å². The highest BCUT2D eigenvalue weighted by molar-refractivity contribution is 6.30. The van der Waals surface area contributed by atoms with Gasteiger partial charge >= 0.3 is 6.03 Å². The van der Waals surface area contributed by atoms with Gasteiger partial charge in [0.05, 0.1) is 11.8 Å². The Labute approximate surface area is 177 Å². The number of carbonyl (C=O) groups is 1. The SMILES string of the molecule is CNC(=O)N1N=C(c2ccc(Cl)cc2)c2cc(N3CCCCC3)ccc2CC1C. The lowest BCUT2D eigenvalue weighted by Crippen LogP contribution is -2.41. The Morgan fingerprint density at radius 3 is 2.52 bits per heavy atom. The third-order valence-electron chi connectivity index (χ3n) is 5.75. The van der Waals surface area contributed by atoms with Crippen LogP contribution < -0.4 is 10.2 Å². The van der Waals surface area contributed by atoms with Crippen LogP contribution in [0.5, 0.6) is 0 Å². The molecule has 0 aliphatic carbocycles. The molecule has 0 saturated carbocycles. The predicted molar refractivity (Wildman–Crippen MR) is 119 cm³/mol. The largest absolute Gasteiger partial charge is 0.372 e. The van der Waals surface area contributed by atoms with Gasteiger partial charge in [0.2, 0.25) is 0 Å². The Morgan fingerprint density at radius 1 is 1.10 bits per heavy atom. The summed E-state index contributed by atoms with van der Waals surface area (Å²) in [6, 6.07) is 14.1. The van der Waals surface area contributed by atoms with Crippen molar-refractivity contribution in [3.05, 3.63) is 64.2 Å². The van der Waals surface area contributed by atoms with Crippen LogP contribution in [0, 0.1) is 0 Å². The van der Waals surface area contributed by atoms with E-state index in [0.29, 0.717) is 5.02 Å². The Hall–Kier alpha value is -2.53. The van der Waals surface area contributed by atoms with Gasteiger partial charge in [-0.15, -0.1) is 0 Å². The van der Waals surface area contributed by atoms with Gasteiger partial charge in [0.1, 0.15) is 0 Å². The average Bonchev–Trinajstić information content (AvgIpc) is 2.90. The molecule has 29 heavy (non-hydrogen) atoms. The minimum atomic E-state index is -0.201. The maximum Gasteiger partial charge on any atom is 0.337 e. The normalized spacial score (nSPS) is 19.3. The van der Waals surface area contributed by atoms with E-state index in [1.807, 2.05) is 31.2 Å². The molecular formula is C23H27ClN4O. The van der Waals surface area contributed by atoms with Gasteiger partial charge in [0.15, 0.2) is 0 Å². The lowest BCUT2D eigenvalue weighted by Gasteiger charge is -2.29. The molecule has 6 heteroatoms. The first-order valence-electron chi connectivity index (χ1n) is 10.3. The van der Waals surface area contributed by atoms with E-state index in [2.05, 4.69) is 28.4 Å². The second-order valence-corrected chi connectivity index (χ2v) is 8.23. The minimum Gasteiger partial charge on any atom is -0.372 e. The first-order valence-corrected chi connectivity index (χ1v) is 10.7. The van der Waals surface area contributed by atoms with Crippen LogP contribution in [0.1, 0.15) is 42.9 Å². The maximum atomic E-state index is 12.5. The van der Waals surface area contributed by atoms with E-state index in [-0.39, 0.29) is 12.1 Å². The molecular weight excluding hydrogens is 384 g/mol. The van der Waals surface area contributed by atoms with Crippen LogP contribution in [0.25, 0.3) is 0 Å². The predicted octanol–water partition coefficient (Wildman–Crippen LogP) is 4.67. The van der Waals surface area contributed by atoms with E-state index in [0.717, 1.165) is 36.3 Å². The second kappa shape index (κ2) is 8.46. The summed E-state index contributed by atoms with van der Waals surface area (Å²) in [5.74, 6) is 0. The van der Waals surface area contributed by atoms with Crippen LogP contribution in [0.3, 0.4) is 0 Å². The second-order valence-electron chi connectivity index (χ2n) is 7.80. The number of piperidine rings is 1. The molecule has 2 aliphatic heterocycles. The van der Waals surface area contributed by atoms with Crippen molar-refractivity contribution in [3.63, 3.8) is 0 Å². The minimum absolute atomic E-state index is 0.0423. The summed E-state index contributed by atoms with van der Waals surface area (Å²) >= 11 is 6.11. The van der Waals surface area contributed by atoms with Gasteiger partial charge in [0.25, 0.3) is 0 Å². The quantitative estimate of drug-likeness (QED) is 0.782. The van der Waals surface area contributed by atoms with E-state index in [9.17, 15) is 4.79 Å². The highest BCUT2D eigenvalue weighted by atomic mass is 35.5. The number of halogens is 1. The van der Waals surface area contributed by atoms with Crippen molar-refractivity contribution < 1.29 is 4.79 Å². The zero-order chi connectivity index (χ0) is 20.4. The molecule has 0 bridgehead atoms. The fourth-order valence-electron chi connectivity index (χ4n) is 4.16. The molecule has 4 rings (SSSR count). The number of fused-ring (bicyclic) bond motifs is 1. The summed E-state index contributed by atoms with van der Waals surface area (Å²) in [5, 5.41) is 9.79.